The lowest BCUT2D eigenvalue weighted by Gasteiger charge is -2.33. The maximum absolute atomic E-state index is 13.4. The molecule has 0 radical (unpaired) electrons. The molecule has 2 aromatic heterocycles. The molecule has 3 rings (SSSR count). The number of amides is 1. The van der Waals surface area contributed by atoms with Gasteiger partial charge in [0.05, 0.1) is 24.0 Å². The molecule has 0 saturated heterocycles. The zero-order valence-electron chi connectivity index (χ0n) is 22.4. The summed E-state index contributed by atoms with van der Waals surface area (Å²) in [6, 6.07) is 5.85. The predicted molar refractivity (Wildman–Crippen MR) is 134 cm³/mol. The van der Waals surface area contributed by atoms with Gasteiger partial charge < -0.3 is 10.1 Å². The van der Waals surface area contributed by atoms with Gasteiger partial charge in [0.1, 0.15) is 11.9 Å². The van der Waals surface area contributed by atoms with Crippen LogP contribution in [0.25, 0.3) is 5.82 Å². The smallest absolute Gasteiger partial charge is 0.394 e. The average Bonchev–Trinajstić information content (AvgIpc) is 3.26. The van der Waals surface area contributed by atoms with Gasteiger partial charge in [0.2, 0.25) is 0 Å². The van der Waals surface area contributed by atoms with Crippen LogP contribution < -0.4 is 10.1 Å². The highest BCUT2D eigenvalue weighted by Crippen LogP contribution is 2.41. The van der Waals surface area contributed by atoms with E-state index in [-0.39, 0.29) is 35.9 Å². The Balaban J connectivity index is 1.95. The van der Waals surface area contributed by atoms with E-state index in [4.69, 9.17) is 4.74 Å². The Kier molecular flexibility index (Phi) is 8.40. The summed E-state index contributed by atoms with van der Waals surface area (Å²) in [6.45, 7) is 6.31. The number of pyridine rings is 1. The topological polar surface area (TPSA) is 117 Å². The Morgan fingerprint density at radius 2 is 1.95 bits per heavy atom. The summed E-state index contributed by atoms with van der Waals surface area (Å²) in [4.78, 5) is 21.9. The summed E-state index contributed by atoms with van der Waals surface area (Å²) in [5, 5.41) is 22.6. The molecule has 11 heteroatoms. The summed E-state index contributed by atoms with van der Waals surface area (Å²) in [6.07, 6.45) is 0.110. The van der Waals surface area contributed by atoms with Crippen molar-refractivity contribution in [1.29, 1.82) is 10.5 Å². The fraction of sp³-hybridized carbons (Fsp3) is 0.593. The Morgan fingerprint density at radius 1 is 1.29 bits per heavy atom. The lowest BCUT2D eigenvalue weighted by atomic mass is 9.72. The van der Waals surface area contributed by atoms with Crippen molar-refractivity contribution in [3.8, 4) is 23.7 Å². The number of carbonyl (C=O) groups excluding carboxylic acids is 1. The third-order valence-corrected chi connectivity index (χ3v) is 7.37. The number of methoxy groups -OCH3 is 1. The fourth-order valence-corrected chi connectivity index (χ4v) is 4.67. The summed E-state index contributed by atoms with van der Waals surface area (Å²) in [5.41, 5.74) is -2.50. The third-order valence-electron chi connectivity index (χ3n) is 7.37. The molecule has 2 heterocycles. The van der Waals surface area contributed by atoms with Crippen LogP contribution in [0.1, 0.15) is 80.9 Å². The second kappa shape index (κ2) is 11.0. The van der Waals surface area contributed by atoms with E-state index in [1.54, 1.807) is 6.92 Å². The normalized spacial score (nSPS) is 19.9. The van der Waals surface area contributed by atoms with Gasteiger partial charge in [-0.3, -0.25) is 9.36 Å². The van der Waals surface area contributed by atoms with E-state index >= 15 is 0 Å². The van der Waals surface area contributed by atoms with Crippen molar-refractivity contribution in [3.05, 3.63) is 35.0 Å². The first kappa shape index (κ1) is 29.0. The first-order valence-corrected chi connectivity index (χ1v) is 12.6. The van der Waals surface area contributed by atoms with Gasteiger partial charge in [-0.25, -0.2) is 9.97 Å². The van der Waals surface area contributed by atoms with Gasteiger partial charge in [-0.05, 0) is 49.7 Å². The maximum Gasteiger partial charge on any atom is 0.394 e. The van der Waals surface area contributed by atoms with Crippen molar-refractivity contribution in [3.63, 3.8) is 0 Å². The Morgan fingerprint density at radius 3 is 2.47 bits per heavy atom. The van der Waals surface area contributed by atoms with Gasteiger partial charge in [-0.1, -0.05) is 27.7 Å². The molecule has 0 atom stereocenters. The van der Waals surface area contributed by atoms with Crippen LogP contribution in [0.5, 0.6) is 5.75 Å². The minimum Gasteiger partial charge on any atom is -0.493 e. The van der Waals surface area contributed by atoms with Crippen molar-refractivity contribution in [1.82, 2.24) is 19.9 Å². The number of rotatable bonds is 8. The van der Waals surface area contributed by atoms with Crippen molar-refractivity contribution < 1.29 is 22.7 Å². The number of nitrogens with zero attached hydrogens (tertiary/aromatic N) is 5. The maximum atomic E-state index is 13.4. The van der Waals surface area contributed by atoms with E-state index in [0.717, 1.165) is 26.7 Å². The molecular formula is C27H33F3N6O2. The zero-order chi connectivity index (χ0) is 28.3. The Hall–Kier alpha value is -3.60. The molecule has 0 unspecified atom stereocenters. The van der Waals surface area contributed by atoms with Gasteiger partial charge in [0.15, 0.2) is 23.0 Å². The van der Waals surface area contributed by atoms with E-state index in [1.807, 2.05) is 6.07 Å². The molecule has 1 saturated carbocycles. The molecule has 38 heavy (non-hydrogen) atoms. The summed E-state index contributed by atoms with van der Waals surface area (Å²) in [7, 11) is 1.35. The monoisotopic (exact) mass is 530 g/mol. The molecule has 0 spiro atoms. The molecule has 1 aliphatic carbocycles. The second-order valence-electron chi connectivity index (χ2n) is 10.7. The summed E-state index contributed by atoms with van der Waals surface area (Å²) < 4.78 is 47.1. The van der Waals surface area contributed by atoms with Crippen molar-refractivity contribution in [2.75, 3.05) is 13.7 Å². The number of ether oxygens (including phenoxy) is 1. The van der Waals surface area contributed by atoms with Crippen molar-refractivity contribution in [2.24, 2.45) is 16.7 Å². The minimum absolute atomic E-state index is 0.0724. The van der Waals surface area contributed by atoms with E-state index < -0.39 is 22.9 Å². The van der Waals surface area contributed by atoms with Gasteiger partial charge >= 0.3 is 6.18 Å². The second-order valence-corrected chi connectivity index (χ2v) is 10.7. The van der Waals surface area contributed by atoms with Gasteiger partial charge in [-0.2, -0.15) is 23.7 Å². The van der Waals surface area contributed by atoms with Gasteiger partial charge in [0, 0.05) is 19.2 Å². The molecule has 0 aliphatic heterocycles. The van der Waals surface area contributed by atoms with Crippen LogP contribution in [0.2, 0.25) is 0 Å². The average molecular weight is 531 g/mol. The molecule has 2 aromatic rings. The molecule has 1 N–H and O–H groups in total. The van der Waals surface area contributed by atoms with Crippen LogP contribution in [0.15, 0.2) is 12.3 Å². The number of nitriles is 2. The minimum atomic E-state index is -4.41. The zero-order valence-corrected chi connectivity index (χ0v) is 22.4. The van der Waals surface area contributed by atoms with E-state index in [1.165, 1.54) is 23.9 Å². The molecule has 0 bridgehead atoms. The Bertz CT molecular complexity index is 1260. The van der Waals surface area contributed by atoms with Gasteiger partial charge in [0.25, 0.3) is 5.91 Å². The molecule has 1 amide bonds. The highest BCUT2D eigenvalue weighted by Gasteiger charge is 2.47. The number of imidazole rings is 1. The SMILES string of the molecule is CCc1nc(C(=O)NCC2(C#N)CCC(C)CC2)c(C#N)n1-c1ncc(CC(C)(C)C(F)(F)F)cc1OC. The lowest BCUT2D eigenvalue weighted by molar-refractivity contribution is -0.211. The van der Waals surface area contributed by atoms with E-state index in [9.17, 15) is 28.5 Å². The molecule has 0 aromatic carbocycles. The lowest BCUT2D eigenvalue weighted by Crippen LogP contribution is -2.39. The number of hydrogen-bond donors (Lipinski definition) is 1. The predicted octanol–water partition coefficient (Wildman–Crippen LogP) is 5.29. The molecule has 204 valence electrons. The standard InChI is InChI=1S/C27H33F3N6O2/c1-6-21-35-22(24(37)34-16-26(15-32)9-7-17(2)8-10-26)19(13-31)36(21)23-20(38-5)11-18(14-33-23)12-25(3,4)27(28,29)30/h11,14,17H,6-10,12,16H2,1-5H3,(H,34,37). The highest BCUT2D eigenvalue weighted by molar-refractivity contribution is 5.94. The Labute approximate surface area is 220 Å². The molecule has 8 nitrogen and oxygen atoms in total. The summed E-state index contributed by atoms with van der Waals surface area (Å²) in [5.74, 6) is 0.619. The highest BCUT2D eigenvalue weighted by atomic mass is 19.4. The quantitative estimate of drug-likeness (QED) is 0.496. The molecule has 1 fully saturated rings. The van der Waals surface area contributed by atoms with Crippen LogP contribution >= 0.6 is 0 Å². The number of halogens is 3. The van der Waals surface area contributed by atoms with Gasteiger partial charge in [-0.15, -0.1) is 0 Å². The number of aryl methyl sites for hydroxylation is 1. The van der Waals surface area contributed by atoms with E-state index in [0.29, 0.717) is 36.6 Å². The van der Waals surface area contributed by atoms with E-state index in [2.05, 4.69) is 28.3 Å². The van der Waals surface area contributed by atoms with Crippen molar-refractivity contribution >= 4 is 5.91 Å². The van der Waals surface area contributed by atoms with Crippen LogP contribution in [0.3, 0.4) is 0 Å². The van der Waals surface area contributed by atoms with Crippen molar-refractivity contribution in [2.45, 2.75) is 72.4 Å². The van der Waals surface area contributed by atoms with Crippen LogP contribution in [0, 0.1) is 39.4 Å². The van der Waals surface area contributed by atoms with Crippen LogP contribution in [-0.2, 0) is 12.8 Å². The number of aromatic nitrogens is 3. The molecule has 1 aliphatic rings. The number of hydrogen-bond acceptors (Lipinski definition) is 6. The number of alkyl halides is 3. The van der Waals surface area contributed by atoms with Crippen LogP contribution in [0.4, 0.5) is 13.2 Å². The number of nitrogens with one attached hydrogen (secondary N) is 1. The largest absolute Gasteiger partial charge is 0.493 e. The fourth-order valence-electron chi connectivity index (χ4n) is 4.67. The van der Waals surface area contributed by atoms with Crippen LogP contribution in [-0.4, -0.2) is 40.3 Å². The third kappa shape index (κ3) is 5.77. The summed E-state index contributed by atoms with van der Waals surface area (Å²) >= 11 is 0. The first-order valence-electron chi connectivity index (χ1n) is 12.6. The molecular weight excluding hydrogens is 497 g/mol. The number of carbonyl (C=O) groups is 1. The first-order chi connectivity index (χ1) is 17.8.